The molecule has 1 aliphatic heterocycles. The minimum Gasteiger partial charge on any atom is -0.465 e. The number of esters is 1. The van der Waals surface area contributed by atoms with Gasteiger partial charge in [0.25, 0.3) is 0 Å². The van der Waals surface area contributed by atoms with Gasteiger partial charge in [-0.05, 0) is 36.5 Å². The van der Waals surface area contributed by atoms with E-state index >= 15 is 0 Å². The van der Waals surface area contributed by atoms with Crippen molar-refractivity contribution < 1.29 is 28.9 Å². The van der Waals surface area contributed by atoms with Crippen molar-refractivity contribution in [2.75, 3.05) is 26.2 Å². The number of hydrogen-bond acceptors (Lipinski definition) is 7. The predicted molar refractivity (Wildman–Crippen MR) is 156 cm³/mol. The third-order valence-corrected chi connectivity index (χ3v) is 7.66. The zero-order chi connectivity index (χ0) is 29.0. The van der Waals surface area contributed by atoms with Crippen molar-refractivity contribution in [1.29, 1.82) is 0 Å². The van der Waals surface area contributed by atoms with Crippen LogP contribution < -0.4 is 10.6 Å². The van der Waals surface area contributed by atoms with Crippen LogP contribution in [-0.2, 0) is 32.2 Å². The smallest absolute Gasteiger partial charge is 0.325 e. The van der Waals surface area contributed by atoms with Crippen LogP contribution in [0.4, 0.5) is 4.79 Å². The first-order valence-electron chi connectivity index (χ1n) is 14.6. The Bertz CT molecular complexity index is 1120. The molecule has 9 heteroatoms. The van der Waals surface area contributed by atoms with E-state index in [1.807, 2.05) is 54.6 Å². The average Bonchev–Trinajstić information content (AvgIpc) is 3.54. The molecular formula is C32H43N3O6. The van der Waals surface area contributed by atoms with E-state index in [-0.39, 0.29) is 32.0 Å². The second-order valence-corrected chi connectivity index (χ2v) is 10.6. The normalized spacial score (nSPS) is 21.0. The van der Waals surface area contributed by atoms with E-state index in [1.54, 1.807) is 6.92 Å². The van der Waals surface area contributed by atoms with Crippen molar-refractivity contribution in [3.8, 4) is 0 Å². The molecule has 1 heterocycles. The number of aliphatic hydroxyl groups is 1. The van der Waals surface area contributed by atoms with Crippen LogP contribution in [0.1, 0.15) is 73.7 Å². The van der Waals surface area contributed by atoms with Crippen LogP contribution in [0.3, 0.4) is 0 Å². The van der Waals surface area contributed by atoms with Crippen LogP contribution in [-0.4, -0.2) is 60.4 Å². The number of ether oxygens (including phenoxy) is 3. The summed E-state index contributed by atoms with van der Waals surface area (Å²) >= 11 is 0. The molecule has 0 bridgehead atoms. The van der Waals surface area contributed by atoms with E-state index in [2.05, 4.69) is 22.1 Å². The van der Waals surface area contributed by atoms with Crippen molar-refractivity contribution in [1.82, 2.24) is 15.5 Å². The van der Waals surface area contributed by atoms with E-state index in [4.69, 9.17) is 14.2 Å². The van der Waals surface area contributed by atoms with Gasteiger partial charge in [-0.25, -0.2) is 4.79 Å². The number of urea groups is 1. The van der Waals surface area contributed by atoms with E-state index in [1.165, 1.54) is 25.7 Å². The Kier molecular flexibility index (Phi) is 11.7. The molecule has 1 aliphatic carbocycles. The van der Waals surface area contributed by atoms with E-state index < -0.39 is 18.3 Å². The second kappa shape index (κ2) is 15.7. The Balaban J connectivity index is 1.42. The molecule has 0 unspecified atom stereocenters. The van der Waals surface area contributed by atoms with E-state index in [0.29, 0.717) is 12.6 Å². The summed E-state index contributed by atoms with van der Waals surface area (Å²) in [6, 6.07) is 15.8. The first-order chi connectivity index (χ1) is 20.0. The lowest BCUT2D eigenvalue weighted by atomic mass is 9.99. The van der Waals surface area contributed by atoms with E-state index in [9.17, 15) is 14.7 Å². The largest absolute Gasteiger partial charge is 0.465 e. The van der Waals surface area contributed by atoms with Gasteiger partial charge in [0.05, 0.1) is 25.4 Å². The minimum atomic E-state index is -0.541. The summed E-state index contributed by atoms with van der Waals surface area (Å²) in [6.07, 6.45) is 6.95. The van der Waals surface area contributed by atoms with Gasteiger partial charge in [-0.15, -0.1) is 6.58 Å². The number of carbonyl (C=O) groups excluding carboxylic acids is 2. The second-order valence-electron chi connectivity index (χ2n) is 10.6. The summed E-state index contributed by atoms with van der Waals surface area (Å²) in [5, 5.41) is 14.7. The summed E-state index contributed by atoms with van der Waals surface area (Å²) in [5.41, 5.74) is 3.73. The molecule has 0 spiro atoms. The van der Waals surface area contributed by atoms with Gasteiger partial charge in [0.15, 0.2) is 6.29 Å². The Morgan fingerprint density at radius 1 is 1.02 bits per heavy atom. The van der Waals surface area contributed by atoms with Crippen LogP contribution >= 0.6 is 0 Å². The predicted octanol–water partition coefficient (Wildman–Crippen LogP) is 4.52. The summed E-state index contributed by atoms with van der Waals surface area (Å²) in [4.78, 5) is 26.0. The van der Waals surface area contributed by atoms with Crippen LogP contribution in [0.15, 0.2) is 61.2 Å². The molecule has 4 rings (SSSR count). The highest BCUT2D eigenvalue weighted by Crippen LogP contribution is 2.38. The van der Waals surface area contributed by atoms with Crippen molar-refractivity contribution >= 4 is 12.0 Å². The Labute approximate surface area is 242 Å². The molecule has 2 aliphatic rings. The highest BCUT2D eigenvalue weighted by molar-refractivity contribution is 5.80. The molecule has 1 saturated heterocycles. The molecule has 2 amide bonds. The van der Waals surface area contributed by atoms with Crippen LogP contribution in [0.5, 0.6) is 0 Å². The molecule has 3 N–H and O–H groups in total. The maximum absolute atomic E-state index is 12.0. The SMILES string of the molecule is C=CCN(C[C@H]1C[C@@H](c2ccc(CO)cc2)O[C@@H](c2ccc(CNC(=O)NCC(=O)OCC)cc2)O1)C1CCCC1. The molecular weight excluding hydrogens is 522 g/mol. The fourth-order valence-corrected chi connectivity index (χ4v) is 5.50. The molecule has 2 aromatic carbocycles. The van der Waals surface area contributed by atoms with Crippen molar-refractivity contribution in [3.63, 3.8) is 0 Å². The average molecular weight is 566 g/mol. The van der Waals surface area contributed by atoms with Crippen LogP contribution in [0.2, 0.25) is 0 Å². The molecule has 3 atom stereocenters. The van der Waals surface area contributed by atoms with Gasteiger partial charge in [0.1, 0.15) is 6.54 Å². The molecule has 9 nitrogen and oxygen atoms in total. The first-order valence-corrected chi connectivity index (χ1v) is 14.6. The lowest BCUT2D eigenvalue weighted by molar-refractivity contribution is -0.253. The molecule has 41 heavy (non-hydrogen) atoms. The number of rotatable bonds is 13. The Morgan fingerprint density at radius 2 is 1.71 bits per heavy atom. The zero-order valence-corrected chi connectivity index (χ0v) is 23.9. The monoisotopic (exact) mass is 565 g/mol. The van der Waals surface area contributed by atoms with Crippen molar-refractivity contribution in [3.05, 3.63) is 83.4 Å². The lowest BCUT2D eigenvalue weighted by Gasteiger charge is -2.39. The molecule has 0 radical (unpaired) electrons. The molecule has 2 fully saturated rings. The summed E-state index contributed by atoms with van der Waals surface area (Å²) < 4.78 is 17.9. The third-order valence-electron chi connectivity index (χ3n) is 7.66. The number of nitrogens with zero attached hydrogens (tertiary/aromatic N) is 1. The van der Waals surface area contributed by atoms with Gasteiger partial charge in [-0.1, -0.05) is 67.4 Å². The van der Waals surface area contributed by atoms with Crippen molar-refractivity contribution in [2.45, 2.75) is 76.7 Å². The van der Waals surface area contributed by atoms with Gasteiger partial charge >= 0.3 is 12.0 Å². The summed E-state index contributed by atoms with van der Waals surface area (Å²) in [5.74, 6) is -0.476. The number of amides is 2. The fraction of sp³-hybridized carbons (Fsp3) is 0.500. The summed E-state index contributed by atoms with van der Waals surface area (Å²) in [6.45, 7) is 7.76. The molecule has 222 valence electrons. The quantitative estimate of drug-likeness (QED) is 0.242. The molecule has 0 aromatic heterocycles. The first kappa shape index (κ1) is 30.7. The van der Waals surface area contributed by atoms with Gasteiger partial charge in [0.2, 0.25) is 0 Å². The number of nitrogens with one attached hydrogen (secondary N) is 2. The van der Waals surface area contributed by atoms with E-state index in [0.717, 1.165) is 41.8 Å². The molecule has 1 saturated carbocycles. The number of hydrogen-bond donors (Lipinski definition) is 3. The number of benzene rings is 2. The Hall–Kier alpha value is -3.24. The van der Waals surface area contributed by atoms with Crippen LogP contribution in [0.25, 0.3) is 0 Å². The standard InChI is InChI=1S/C32H43N3O6/c1-3-17-35(27-7-5-6-8-27)21-28-18-29(25-13-11-24(22-36)12-14-25)41-31(40-28)26-15-9-23(10-16-26)19-33-32(38)34-20-30(37)39-4-2/h3,9-16,27-29,31,36H,1,4-8,17-22H2,2H3,(H2,33,34,38)/t28-,29+,31+/m1/s1. The highest BCUT2D eigenvalue weighted by atomic mass is 16.7. The maximum Gasteiger partial charge on any atom is 0.325 e. The third kappa shape index (κ3) is 9.13. The van der Waals surface area contributed by atoms with Gasteiger partial charge in [0, 0.05) is 37.7 Å². The summed E-state index contributed by atoms with van der Waals surface area (Å²) in [7, 11) is 0. The van der Waals surface area contributed by atoms with Gasteiger partial charge in [-0.3, -0.25) is 9.69 Å². The Morgan fingerprint density at radius 3 is 2.37 bits per heavy atom. The zero-order valence-electron chi connectivity index (χ0n) is 23.9. The fourth-order valence-electron chi connectivity index (χ4n) is 5.50. The van der Waals surface area contributed by atoms with Crippen LogP contribution in [0, 0.1) is 0 Å². The number of aliphatic hydroxyl groups excluding tert-OH is 1. The molecule has 2 aromatic rings. The lowest BCUT2D eigenvalue weighted by Crippen LogP contribution is -2.43. The van der Waals surface area contributed by atoms with Gasteiger partial charge < -0.3 is 30.0 Å². The minimum absolute atomic E-state index is 0.00628. The van der Waals surface area contributed by atoms with Crippen molar-refractivity contribution in [2.24, 2.45) is 0 Å². The maximum atomic E-state index is 12.0. The highest BCUT2D eigenvalue weighted by Gasteiger charge is 2.34. The van der Waals surface area contributed by atoms with Gasteiger partial charge in [-0.2, -0.15) is 0 Å². The number of carbonyl (C=O) groups is 2. The topological polar surface area (TPSA) is 109 Å².